The number of benzene rings is 1. The molecule has 4 nitrogen and oxygen atoms in total. The van der Waals surface area contributed by atoms with Crippen LogP contribution in [0.1, 0.15) is 5.56 Å². The van der Waals surface area contributed by atoms with E-state index in [1.54, 1.807) is 12.1 Å². The van der Waals surface area contributed by atoms with Crippen molar-refractivity contribution < 1.29 is 22.6 Å². The fourth-order valence-electron chi connectivity index (χ4n) is 1.27. The van der Waals surface area contributed by atoms with Gasteiger partial charge in [0.05, 0.1) is 7.11 Å². The van der Waals surface area contributed by atoms with Crippen molar-refractivity contribution in [1.82, 2.24) is 0 Å². The Balaban J connectivity index is 3.22. The Hall–Kier alpha value is -2.67. The molecule has 0 N–H and O–H groups in total. The molecule has 0 heterocycles. The summed E-state index contributed by atoms with van der Waals surface area (Å²) in [5, 5.41) is 17.2. The zero-order valence-corrected chi connectivity index (χ0v) is 9.65. The Morgan fingerprint density at radius 1 is 1.26 bits per heavy atom. The van der Waals surface area contributed by atoms with Crippen molar-refractivity contribution in [2.24, 2.45) is 0 Å². The Morgan fingerprint density at radius 2 is 1.89 bits per heavy atom. The highest BCUT2D eigenvalue weighted by Gasteiger charge is 2.31. The monoisotopic (exact) mass is 268 g/mol. The molecule has 0 radical (unpaired) electrons. The first-order chi connectivity index (χ1) is 8.89. The zero-order valence-electron chi connectivity index (χ0n) is 9.65. The second kappa shape index (κ2) is 5.78. The Morgan fingerprint density at radius 3 is 2.37 bits per heavy atom. The van der Waals surface area contributed by atoms with Crippen LogP contribution in [0.5, 0.6) is 11.5 Å². The molecule has 0 saturated heterocycles. The van der Waals surface area contributed by atoms with Gasteiger partial charge in [0.2, 0.25) is 0 Å². The molecule has 1 rings (SSSR count). The summed E-state index contributed by atoms with van der Waals surface area (Å²) in [5.41, 5.74) is -0.121. The highest BCUT2D eigenvalue weighted by atomic mass is 19.4. The van der Waals surface area contributed by atoms with Gasteiger partial charge in [-0.3, -0.25) is 0 Å². The van der Waals surface area contributed by atoms with Crippen molar-refractivity contribution in [2.45, 2.75) is 6.36 Å². The lowest BCUT2D eigenvalue weighted by molar-refractivity contribution is -0.274. The molecule has 0 spiro atoms. The average molecular weight is 268 g/mol. The second-order valence-corrected chi connectivity index (χ2v) is 3.23. The number of ether oxygens (including phenoxy) is 2. The van der Waals surface area contributed by atoms with E-state index in [0.717, 1.165) is 18.2 Å². The van der Waals surface area contributed by atoms with Gasteiger partial charge in [-0.15, -0.1) is 13.2 Å². The first-order valence-corrected chi connectivity index (χ1v) is 4.85. The molecule has 0 aliphatic rings. The number of alkyl halides is 3. The smallest absolute Gasteiger partial charge is 0.496 e. The molecule has 1 aromatic carbocycles. The van der Waals surface area contributed by atoms with Gasteiger partial charge in [0.15, 0.2) is 0 Å². The number of halogens is 3. The maximum atomic E-state index is 12.1. The maximum absolute atomic E-state index is 12.1. The Labute approximate surface area is 106 Å². The molecule has 0 aromatic heterocycles. The van der Waals surface area contributed by atoms with Crippen LogP contribution < -0.4 is 9.47 Å². The lowest BCUT2D eigenvalue weighted by atomic mass is 10.1. The number of rotatable bonds is 3. The summed E-state index contributed by atoms with van der Waals surface area (Å²) < 4.78 is 44.9. The van der Waals surface area contributed by atoms with Gasteiger partial charge in [0, 0.05) is 5.56 Å². The van der Waals surface area contributed by atoms with E-state index in [1.807, 2.05) is 0 Å². The molecule has 0 atom stereocenters. The van der Waals surface area contributed by atoms with E-state index in [4.69, 9.17) is 15.3 Å². The Kier molecular flexibility index (Phi) is 4.38. The van der Waals surface area contributed by atoms with Crippen LogP contribution in [0.15, 0.2) is 23.8 Å². The summed E-state index contributed by atoms with van der Waals surface area (Å²) in [7, 11) is 1.31. The fraction of sp³-hybridized carbons (Fsp3) is 0.167. The van der Waals surface area contributed by atoms with E-state index in [-0.39, 0.29) is 16.9 Å². The van der Waals surface area contributed by atoms with Crippen LogP contribution in [0.25, 0.3) is 6.08 Å². The van der Waals surface area contributed by atoms with E-state index in [2.05, 4.69) is 4.74 Å². The van der Waals surface area contributed by atoms with E-state index in [1.165, 1.54) is 13.2 Å². The summed E-state index contributed by atoms with van der Waals surface area (Å²) >= 11 is 0. The summed E-state index contributed by atoms with van der Waals surface area (Å²) in [6.45, 7) is 0. The molecule has 0 amide bonds. The first kappa shape index (κ1) is 14.4. The number of hydrogen-bond acceptors (Lipinski definition) is 4. The first-order valence-electron chi connectivity index (χ1n) is 4.85. The van der Waals surface area contributed by atoms with E-state index in [0.29, 0.717) is 0 Å². The lowest BCUT2D eigenvalue weighted by Gasteiger charge is -2.11. The SMILES string of the molecule is COc1ccc(OC(F)(F)F)cc1C=C(C#N)C#N. The van der Waals surface area contributed by atoms with Crippen molar-refractivity contribution in [3.63, 3.8) is 0 Å². The highest BCUT2D eigenvalue weighted by Crippen LogP contribution is 2.29. The maximum Gasteiger partial charge on any atom is 0.573 e. The van der Waals surface area contributed by atoms with Gasteiger partial charge in [0.25, 0.3) is 0 Å². The summed E-state index contributed by atoms with van der Waals surface area (Å²) in [4.78, 5) is 0. The van der Waals surface area contributed by atoms with Crippen LogP contribution in [0.4, 0.5) is 13.2 Å². The van der Waals surface area contributed by atoms with E-state index < -0.39 is 12.1 Å². The minimum Gasteiger partial charge on any atom is -0.496 e. The molecule has 98 valence electrons. The van der Waals surface area contributed by atoms with Gasteiger partial charge in [-0.05, 0) is 24.3 Å². The molecule has 0 saturated carbocycles. The number of allylic oxidation sites excluding steroid dienone is 1. The number of nitrogens with zero attached hydrogens (tertiary/aromatic N) is 2. The van der Waals surface area contributed by atoms with Gasteiger partial charge in [-0.2, -0.15) is 10.5 Å². The van der Waals surface area contributed by atoms with Crippen LogP contribution in [-0.4, -0.2) is 13.5 Å². The normalized spacial score (nSPS) is 10.0. The number of methoxy groups -OCH3 is 1. The quantitative estimate of drug-likeness (QED) is 0.790. The predicted octanol–water partition coefficient (Wildman–Crippen LogP) is 3.02. The van der Waals surface area contributed by atoms with Crippen LogP contribution >= 0.6 is 0 Å². The third kappa shape index (κ3) is 4.25. The Bertz CT molecular complexity index is 564. The minimum absolute atomic E-state index is 0.141. The molecule has 0 aliphatic heterocycles. The molecule has 1 aromatic rings. The van der Waals surface area contributed by atoms with Crippen LogP contribution in [0.2, 0.25) is 0 Å². The molecule has 0 aliphatic carbocycles. The van der Waals surface area contributed by atoms with Crippen molar-refractivity contribution in [3.05, 3.63) is 29.3 Å². The van der Waals surface area contributed by atoms with Gasteiger partial charge < -0.3 is 9.47 Å². The van der Waals surface area contributed by atoms with Crippen molar-refractivity contribution in [2.75, 3.05) is 7.11 Å². The van der Waals surface area contributed by atoms with Crippen LogP contribution in [0.3, 0.4) is 0 Å². The van der Waals surface area contributed by atoms with Crippen molar-refractivity contribution in [3.8, 4) is 23.6 Å². The molecule has 0 bridgehead atoms. The predicted molar refractivity (Wildman–Crippen MR) is 58.9 cm³/mol. The number of hydrogen-bond donors (Lipinski definition) is 0. The van der Waals surface area contributed by atoms with Gasteiger partial charge in [-0.1, -0.05) is 0 Å². The average Bonchev–Trinajstić information content (AvgIpc) is 2.34. The number of nitriles is 2. The molecular formula is C12H7F3N2O2. The topological polar surface area (TPSA) is 66.0 Å². The standard InChI is InChI=1S/C12H7F3N2O2/c1-18-11-3-2-10(19-12(13,14)15)5-9(11)4-8(6-16)7-17/h2-5H,1H3. The molecule has 7 heteroatoms. The van der Waals surface area contributed by atoms with Crippen LogP contribution in [0, 0.1) is 22.7 Å². The van der Waals surface area contributed by atoms with Crippen LogP contribution in [-0.2, 0) is 0 Å². The molecular weight excluding hydrogens is 261 g/mol. The van der Waals surface area contributed by atoms with E-state index >= 15 is 0 Å². The lowest BCUT2D eigenvalue weighted by Crippen LogP contribution is -2.17. The summed E-state index contributed by atoms with van der Waals surface area (Å²) in [6, 6.07) is 6.55. The third-order valence-corrected chi connectivity index (χ3v) is 1.98. The third-order valence-electron chi connectivity index (χ3n) is 1.98. The molecule has 19 heavy (non-hydrogen) atoms. The second-order valence-electron chi connectivity index (χ2n) is 3.23. The van der Waals surface area contributed by atoms with Gasteiger partial charge >= 0.3 is 6.36 Å². The van der Waals surface area contributed by atoms with Gasteiger partial charge in [-0.25, -0.2) is 0 Å². The fourth-order valence-corrected chi connectivity index (χ4v) is 1.27. The summed E-state index contributed by atoms with van der Waals surface area (Å²) in [6.07, 6.45) is -3.70. The highest BCUT2D eigenvalue weighted by molar-refractivity contribution is 5.67. The minimum atomic E-state index is -4.82. The van der Waals surface area contributed by atoms with E-state index in [9.17, 15) is 13.2 Å². The van der Waals surface area contributed by atoms with Crippen molar-refractivity contribution >= 4 is 6.08 Å². The largest absolute Gasteiger partial charge is 0.573 e. The zero-order chi connectivity index (χ0) is 14.5. The summed E-state index contributed by atoms with van der Waals surface area (Å²) in [5.74, 6) is -0.243. The molecule has 0 unspecified atom stereocenters. The van der Waals surface area contributed by atoms with Gasteiger partial charge in [0.1, 0.15) is 29.2 Å². The van der Waals surface area contributed by atoms with Crippen molar-refractivity contribution in [1.29, 1.82) is 10.5 Å². The molecule has 0 fully saturated rings.